The number of ether oxygens (including phenoxy) is 1. The van der Waals surface area contributed by atoms with E-state index >= 15 is 0 Å². The summed E-state index contributed by atoms with van der Waals surface area (Å²) in [7, 11) is 0. The number of nitrogens with one attached hydrogen (secondary N) is 1. The highest BCUT2D eigenvalue weighted by atomic mass is 16.5. The lowest BCUT2D eigenvalue weighted by molar-refractivity contribution is 0.0556. The lowest BCUT2D eigenvalue weighted by atomic mass is 9.96. The topological polar surface area (TPSA) is 24.5 Å². The molecule has 2 saturated heterocycles. The first-order valence-corrected chi connectivity index (χ1v) is 8.43. The van der Waals surface area contributed by atoms with Gasteiger partial charge in [-0.2, -0.15) is 0 Å². The third-order valence-electron chi connectivity index (χ3n) is 4.87. The minimum atomic E-state index is 0.580. The summed E-state index contributed by atoms with van der Waals surface area (Å²) in [4.78, 5) is 2.62. The zero-order chi connectivity index (χ0) is 14.5. The van der Waals surface area contributed by atoms with Crippen molar-refractivity contribution in [2.24, 2.45) is 0 Å². The van der Waals surface area contributed by atoms with E-state index < -0.39 is 0 Å². The van der Waals surface area contributed by atoms with E-state index in [1.165, 1.54) is 37.8 Å². The van der Waals surface area contributed by atoms with Crippen molar-refractivity contribution in [3.05, 3.63) is 35.9 Å². The molecule has 3 nitrogen and oxygen atoms in total. The van der Waals surface area contributed by atoms with E-state index in [0.29, 0.717) is 18.1 Å². The maximum absolute atomic E-state index is 5.58. The normalized spacial score (nSPS) is 31.2. The second-order valence-corrected chi connectivity index (χ2v) is 6.61. The van der Waals surface area contributed by atoms with Crippen molar-refractivity contribution in [2.75, 3.05) is 19.8 Å². The second-order valence-electron chi connectivity index (χ2n) is 6.61. The second kappa shape index (κ2) is 7.39. The van der Waals surface area contributed by atoms with Crippen LogP contribution in [-0.2, 0) is 11.3 Å². The SMILES string of the molecule is C[C@@H]1C[C@H](N[C@@H]2CCCOC2)CCN1Cc1ccccc1. The van der Waals surface area contributed by atoms with E-state index in [1.54, 1.807) is 0 Å². The summed E-state index contributed by atoms with van der Waals surface area (Å²) in [6.45, 7) is 6.50. The molecule has 116 valence electrons. The van der Waals surface area contributed by atoms with E-state index in [4.69, 9.17) is 4.74 Å². The Morgan fingerprint density at radius 1 is 1.19 bits per heavy atom. The average molecular weight is 288 g/mol. The molecule has 2 fully saturated rings. The minimum absolute atomic E-state index is 0.580. The molecule has 0 radical (unpaired) electrons. The molecule has 3 atom stereocenters. The Morgan fingerprint density at radius 2 is 2.05 bits per heavy atom. The molecule has 1 aromatic rings. The van der Waals surface area contributed by atoms with Gasteiger partial charge in [-0.05, 0) is 38.2 Å². The Bertz CT molecular complexity index is 416. The summed E-state index contributed by atoms with van der Waals surface area (Å²) < 4.78 is 5.58. The first-order valence-electron chi connectivity index (χ1n) is 8.43. The smallest absolute Gasteiger partial charge is 0.0619 e. The zero-order valence-corrected chi connectivity index (χ0v) is 13.1. The van der Waals surface area contributed by atoms with Gasteiger partial charge in [0.2, 0.25) is 0 Å². The van der Waals surface area contributed by atoms with Crippen LogP contribution in [0.4, 0.5) is 0 Å². The molecule has 0 aromatic heterocycles. The molecule has 0 aliphatic carbocycles. The summed E-state index contributed by atoms with van der Waals surface area (Å²) in [5, 5.41) is 3.82. The van der Waals surface area contributed by atoms with E-state index in [1.807, 2.05) is 0 Å². The predicted octanol–water partition coefficient (Wildman–Crippen LogP) is 2.81. The fourth-order valence-electron chi connectivity index (χ4n) is 3.63. The molecule has 0 spiro atoms. The van der Waals surface area contributed by atoms with Crippen LogP contribution in [0.5, 0.6) is 0 Å². The molecule has 3 heteroatoms. The van der Waals surface area contributed by atoms with Gasteiger partial charge in [0, 0.05) is 37.8 Å². The van der Waals surface area contributed by atoms with Gasteiger partial charge in [-0.25, -0.2) is 0 Å². The van der Waals surface area contributed by atoms with E-state index in [0.717, 1.165) is 19.8 Å². The predicted molar refractivity (Wildman–Crippen MR) is 86.3 cm³/mol. The van der Waals surface area contributed by atoms with Gasteiger partial charge in [-0.1, -0.05) is 30.3 Å². The maximum Gasteiger partial charge on any atom is 0.0619 e. The molecule has 2 aliphatic heterocycles. The van der Waals surface area contributed by atoms with Crippen LogP contribution in [0.2, 0.25) is 0 Å². The van der Waals surface area contributed by atoms with E-state index in [9.17, 15) is 0 Å². The number of likely N-dealkylation sites (tertiary alicyclic amines) is 1. The maximum atomic E-state index is 5.58. The Morgan fingerprint density at radius 3 is 2.76 bits per heavy atom. The lowest BCUT2D eigenvalue weighted by Crippen LogP contribution is -2.51. The third-order valence-corrected chi connectivity index (χ3v) is 4.87. The van der Waals surface area contributed by atoms with Gasteiger partial charge in [-0.3, -0.25) is 4.90 Å². The molecule has 1 aromatic carbocycles. The van der Waals surface area contributed by atoms with Crippen molar-refractivity contribution in [3.8, 4) is 0 Å². The van der Waals surface area contributed by atoms with Crippen LogP contribution in [0.25, 0.3) is 0 Å². The van der Waals surface area contributed by atoms with Crippen LogP contribution in [0.15, 0.2) is 30.3 Å². The average Bonchev–Trinajstić information content (AvgIpc) is 2.52. The standard InChI is InChI=1S/C18H28N2O/c1-15-12-17(19-18-8-5-11-21-14-18)9-10-20(15)13-16-6-3-2-4-7-16/h2-4,6-7,15,17-19H,5,8-14H2,1H3/t15-,17-,18-/m1/s1. The number of rotatable bonds is 4. The molecule has 0 bridgehead atoms. The molecular weight excluding hydrogens is 260 g/mol. The number of nitrogens with zero attached hydrogens (tertiary/aromatic N) is 1. The molecule has 0 amide bonds. The Kier molecular flexibility index (Phi) is 5.28. The van der Waals surface area contributed by atoms with E-state index in [-0.39, 0.29) is 0 Å². The summed E-state index contributed by atoms with van der Waals surface area (Å²) in [6.07, 6.45) is 5.00. The van der Waals surface area contributed by atoms with Crippen molar-refractivity contribution in [1.82, 2.24) is 10.2 Å². The fraction of sp³-hybridized carbons (Fsp3) is 0.667. The molecule has 21 heavy (non-hydrogen) atoms. The summed E-state index contributed by atoms with van der Waals surface area (Å²) in [5.41, 5.74) is 1.43. The molecule has 3 rings (SSSR count). The number of piperidine rings is 1. The summed E-state index contributed by atoms with van der Waals surface area (Å²) >= 11 is 0. The van der Waals surface area contributed by atoms with Crippen molar-refractivity contribution >= 4 is 0 Å². The van der Waals surface area contributed by atoms with Crippen LogP contribution in [0.3, 0.4) is 0 Å². The van der Waals surface area contributed by atoms with Crippen molar-refractivity contribution in [1.29, 1.82) is 0 Å². The lowest BCUT2D eigenvalue weighted by Gasteiger charge is -2.40. The molecule has 0 saturated carbocycles. The molecule has 0 unspecified atom stereocenters. The van der Waals surface area contributed by atoms with Crippen molar-refractivity contribution < 1.29 is 4.74 Å². The van der Waals surface area contributed by atoms with Crippen molar-refractivity contribution in [2.45, 2.75) is 57.3 Å². The minimum Gasteiger partial charge on any atom is -0.380 e. The largest absolute Gasteiger partial charge is 0.380 e. The summed E-state index contributed by atoms with van der Waals surface area (Å²) in [5.74, 6) is 0. The highest BCUT2D eigenvalue weighted by Crippen LogP contribution is 2.21. The first kappa shape index (κ1) is 15.0. The first-order chi connectivity index (χ1) is 10.3. The quantitative estimate of drug-likeness (QED) is 0.922. The zero-order valence-electron chi connectivity index (χ0n) is 13.1. The van der Waals surface area contributed by atoms with Crippen molar-refractivity contribution in [3.63, 3.8) is 0 Å². The number of hydrogen-bond acceptors (Lipinski definition) is 3. The molecule has 2 heterocycles. The summed E-state index contributed by atoms with van der Waals surface area (Å²) in [6, 6.07) is 12.7. The number of benzene rings is 1. The molecular formula is C18H28N2O. The highest BCUT2D eigenvalue weighted by molar-refractivity contribution is 5.14. The Balaban J connectivity index is 1.47. The van der Waals surface area contributed by atoms with E-state index in [2.05, 4.69) is 47.5 Å². The highest BCUT2D eigenvalue weighted by Gasteiger charge is 2.27. The van der Waals surface area contributed by atoms with Gasteiger partial charge >= 0.3 is 0 Å². The van der Waals surface area contributed by atoms with Crippen LogP contribution >= 0.6 is 0 Å². The Hall–Kier alpha value is -0.900. The Labute approximate surface area is 128 Å². The van der Waals surface area contributed by atoms with Gasteiger partial charge in [0.1, 0.15) is 0 Å². The van der Waals surface area contributed by atoms with Crippen LogP contribution in [0.1, 0.15) is 38.2 Å². The fourth-order valence-corrected chi connectivity index (χ4v) is 3.63. The molecule has 2 aliphatic rings. The van der Waals surface area contributed by atoms with Crippen LogP contribution in [-0.4, -0.2) is 42.8 Å². The van der Waals surface area contributed by atoms with Crippen LogP contribution < -0.4 is 5.32 Å². The number of hydrogen-bond donors (Lipinski definition) is 1. The van der Waals surface area contributed by atoms with Crippen LogP contribution in [0, 0.1) is 0 Å². The van der Waals surface area contributed by atoms with Gasteiger partial charge in [0.05, 0.1) is 6.61 Å². The van der Waals surface area contributed by atoms with Gasteiger partial charge in [-0.15, -0.1) is 0 Å². The third kappa shape index (κ3) is 4.29. The van der Waals surface area contributed by atoms with Gasteiger partial charge in [0.15, 0.2) is 0 Å². The van der Waals surface area contributed by atoms with Gasteiger partial charge in [0.25, 0.3) is 0 Å². The van der Waals surface area contributed by atoms with Gasteiger partial charge < -0.3 is 10.1 Å². The molecule has 1 N–H and O–H groups in total. The monoisotopic (exact) mass is 288 g/mol.